The first-order valence-corrected chi connectivity index (χ1v) is 8.01. The van der Waals surface area contributed by atoms with E-state index in [9.17, 15) is 0 Å². The predicted molar refractivity (Wildman–Crippen MR) is 47.9 cm³/mol. The zero-order valence-corrected chi connectivity index (χ0v) is 8.45. The summed E-state index contributed by atoms with van der Waals surface area (Å²) in [6.07, 6.45) is 0. The molecule has 44 valence electrons. The lowest BCUT2D eigenvalue weighted by Gasteiger charge is -2.11. The minimum atomic E-state index is -0.518. The van der Waals surface area contributed by atoms with E-state index < -0.39 is 4.90 Å². The topological polar surface area (TPSA) is 0 Å². The van der Waals surface area contributed by atoms with Gasteiger partial charge in [0, 0.05) is 0 Å². The highest BCUT2D eigenvalue weighted by Gasteiger charge is 2.24. The van der Waals surface area contributed by atoms with Crippen molar-refractivity contribution < 1.29 is 0 Å². The minimum Gasteiger partial charge on any atom is -0.0279 e. The average Bonchev–Trinajstić information content (AvgIpc) is 1.31. The van der Waals surface area contributed by atoms with E-state index in [2.05, 4.69) is 49.2 Å². The summed E-state index contributed by atoms with van der Waals surface area (Å²) >= 11 is 2.58. The molecule has 0 radical (unpaired) electrons. The first-order valence-electron chi connectivity index (χ1n) is 2.48. The second kappa shape index (κ2) is 2.63. The van der Waals surface area contributed by atoms with Crippen LogP contribution in [0.5, 0.6) is 0 Å². The summed E-state index contributed by atoms with van der Waals surface area (Å²) in [7, 11) is 0. The molecule has 0 aromatic heterocycles. The normalized spacial score (nSPS) is 12.9. The molecule has 0 nitrogen and oxygen atoms in total. The SMILES string of the molecule is CC(C)[P+](C)(C)I. The summed E-state index contributed by atoms with van der Waals surface area (Å²) in [4.78, 5) is -0.518. The molecule has 0 fully saturated rings. The third-order valence-corrected chi connectivity index (χ3v) is 7.03. The van der Waals surface area contributed by atoms with Crippen LogP contribution >= 0.6 is 26.9 Å². The smallest absolute Gasteiger partial charge is 0.0279 e. The van der Waals surface area contributed by atoms with Gasteiger partial charge in [-0.15, -0.1) is 0 Å². The third kappa shape index (κ3) is 3.72. The number of halogens is 1. The highest BCUT2D eigenvalue weighted by atomic mass is 127. The van der Waals surface area contributed by atoms with E-state index in [1.54, 1.807) is 0 Å². The maximum Gasteiger partial charge on any atom is 0.154 e. The van der Waals surface area contributed by atoms with Gasteiger partial charge in [0.15, 0.2) is 22.0 Å². The van der Waals surface area contributed by atoms with Gasteiger partial charge in [0.1, 0.15) is 0 Å². The highest BCUT2D eigenvalue weighted by molar-refractivity contribution is 14.2. The van der Waals surface area contributed by atoms with Gasteiger partial charge in [-0.25, -0.2) is 0 Å². The van der Waals surface area contributed by atoms with Crippen molar-refractivity contribution in [3.05, 3.63) is 0 Å². The third-order valence-electron chi connectivity index (χ3n) is 1.23. The molecule has 7 heavy (non-hydrogen) atoms. The molecular weight excluding hydrogens is 218 g/mol. The number of hydrogen-bond acceptors (Lipinski definition) is 0. The molecule has 0 unspecified atom stereocenters. The van der Waals surface area contributed by atoms with Gasteiger partial charge in [-0.3, -0.25) is 0 Å². The number of hydrogen-bond donors (Lipinski definition) is 0. The summed E-state index contributed by atoms with van der Waals surface area (Å²) < 4.78 is 0. The van der Waals surface area contributed by atoms with Crippen molar-refractivity contribution in [2.45, 2.75) is 19.5 Å². The van der Waals surface area contributed by atoms with Crippen LogP contribution in [0.15, 0.2) is 0 Å². The first kappa shape index (κ1) is 8.16. The van der Waals surface area contributed by atoms with Crippen molar-refractivity contribution in [2.24, 2.45) is 0 Å². The van der Waals surface area contributed by atoms with E-state index in [1.807, 2.05) is 0 Å². The Morgan fingerprint density at radius 2 is 1.43 bits per heavy atom. The van der Waals surface area contributed by atoms with Crippen LogP contribution < -0.4 is 0 Å². The van der Waals surface area contributed by atoms with Gasteiger partial charge in [-0.1, -0.05) is 0 Å². The van der Waals surface area contributed by atoms with Crippen molar-refractivity contribution in [2.75, 3.05) is 13.3 Å². The predicted octanol–water partition coefficient (Wildman–Crippen LogP) is 3.02. The first-order chi connectivity index (χ1) is 2.94. The molecule has 0 aliphatic heterocycles. The molecule has 0 aliphatic rings. The Morgan fingerprint density at radius 1 is 1.29 bits per heavy atom. The standard InChI is InChI=1S/C5H13IP/c1-5(2)7(3,4)6/h5H,1-4H3/q+1. The summed E-state index contributed by atoms with van der Waals surface area (Å²) in [5.74, 6) is 0. The molecule has 0 bridgehead atoms. The summed E-state index contributed by atoms with van der Waals surface area (Å²) in [5.41, 5.74) is 0.896. The second-order valence-corrected chi connectivity index (χ2v) is 13.8. The van der Waals surface area contributed by atoms with E-state index in [0.717, 1.165) is 5.66 Å². The van der Waals surface area contributed by atoms with Crippen molar-refractivity contribution in [3.8, 4) is 0 Å². The molecule has 0 heterocycles. The van der Waals surface area contributed by atoms with Crippen LogP contribution in [0.4, 0.5) is 0 Å². The molecule has 2 heteroatoms. The van der Waals surface area contributed by atoms with Gasteiger partial charge >= 0.3 is 0 Å². The number of rotatable bonds is 1. The van der Waals surface area contributed by atoms with Crippen molar-refractivity contribution in [1.82, 2.24) is 0 Å². The van der Waals surface area contributed by atoms with Crippen molar-refractivity contribution in [3.63, 3.8) is 0 Å². The summed E-state index contributed by atoms with van der Waals surface area (Å²) in [6, 6.07) is 0. The fourth-order valence-corrected chi connectivity index (χ4v) is 0. The minimum absolute atomic E-state index is 0.518. The Labute approximate surface area is 59.9 Å². The van der Waals surface area contributed by atoms with E-state index in [4.69, 9.17) is 0 Å². The Balaban J connectivity index is 3.54. The fraction of sp³-hybridized carbons (Fsp3) is 1.00. The quantitative estimate of drug-likeness (QED) is 0.480. The summed E-state index contributed by atoms with van der Waals surface area (Å²) in [5, 5.41) is 0. The fourth-order valence-electron chi connectivity index (χ4n) is 0. The molecule has 0 aromatic carbocycles. The molecule has 0 saturated heterocycles. The van der Waals surface area contributed by atoms with E-state index in [0.29, 0.717) is 0 Å². The van der Waals surface area contributed by atoms with Crippen LogP contribution in [0.1, 0.15) is 13.8 Å². The Kier molecular flexibility index (Phi) is 3.07. The Bertz CT molecular complexity index is 53.6. The lowest BCUT2D eigenvalue weighted by atomic mass is 10.6. The monoisotopic (exact) mass is 231 g/mol. The van der Waals surface area contributed by atoms with Crippen molar-refractivity contribution in [1.29, 1.82) is 0 Å². The van der Waals surface area contributed by atoms with Crippen molar-refractivity contribution >= 4 is 26.9 Å². The zero-order chi connectivity index (χ0) is 6.08. The van der Waals surface area contributed by atoms with Gasteiger partial charge in [0.05, 0.1) is 23.9 Å². The molecule has 0 aliphatic carbocycles. The van der Waals surface area contributed by atoms with Crippen LogP contribution in [-0.4, -0.2) is 19.0 Å². The Hall–Kier alpha value is 1.16. The maximum absolute atomic E-state index is 2.58. The van der Waals surface area contributed by atoms with Gasteiger partial charge in [0.25, 0.3) is 0 Å². The van der Waals surface area contributed by atoms with E-state index in [1.165, 1.54) is 0 Å². The molecule has 0 spiro atoms. The lowest BCUT2D eigenvalue weighted by molar-refractivity contribution is 1.09. The largest absolute Gasteiger partial charge is 0.154 e. The molecule has 0 atom stereocenters. The van der Waals surface area contributed by atoms with Crippen LogP contribution in [0.25, 0.3) is 0 Å². The zero-order valence-electron chi connectivity index (χ0n) is 5.40. The lowest BCUT2D eigenvalue weighted by Crippen LogP contribution is -1.94. The molecule has 0 amide bonds. The average molecular weight is 231 g/mol. The van der Waals surface area contributed by atoms with Gasteiger partial charge < -0.3 is 0 Å². The maximum atomic E-state index is 2.58. The highest BCUT2D eigenvalue weighted by Crippen LogP contribution is 2.63. The van der Waals surface area contributed by atoms with Crippen LogP contribution in [0, 0.1) is 0 Å². The van der Waals surface area contributed by atoms with Gasteiger partial charge in [-0.05, 0) is 13.8 Å². The molecule has 0 rings (SSSR count). The Morgan fingerprint density at radius 3 is 1.43 bits per heavy atom. The van der Waals surface area contributed by atoms with Gasteiger partial charge in [0.2, 0.25) is 0 Å². The summed E-state index contributed by atoms with van der Waals surface area (Å²) in [6.45, 7) is 9.30. The molecular formula is C5H13IP+. The van der Waals surface area contributed by atoms with Crippen LogP contribution in [-0.2, 0) is 0 Å². The molecule has 0 N–H and O–H groups in total. The van der Waals surface area contributed by atoms with Crippen LogP contribution in [0.2, 0.25) is 0 Å². The van der Waals surface area contributed by atoms with Crippen LogP contribution in [0.3, 0.4) is 0 Å². The van der Waals surface area contributed by atoms with E-state index in [-0.39, 0.29) is 0 Å². The molecule has 0 aromatic rings. The second-order valence-electron chi connectivity index (χ2n) is 2.49. The van der Waals surface area contributed by atoms with E-state index >= 15 is 0 Å². The van der Waals surface area contributed by atoms with Gasteiger partial charge in [-0.2, -0.15) is 0 Å². The molecule has 0 saturated carbocycles.